The van der Waals surface area contributed by atoms with Gasteiger partial charge in [0.2, 0.25) is 0 Å². The van der Waals surface area contributed by atoms with Crippen LogP contribution in [0.4, 0.5) is 5.69 Å². The van der Waals surface area contributed by atoms with Crippen molar-refractivity contribution < 1.29 is 9.47 Å². The highest BCUT2D eigenvalue weighted by molar-refractivity contribution is 5.43. The number of hydrogen-bond acceptors (Lipinski definition) is 4. The molecule has 0 heterocycles. The fourth-order valence-corrected chi connectivity index (χ4v) is 2.92. The van der Waals surface area contributed by atoms with Gasteiger partial charge < -0.3 is 15.2 Å². The Bertz CT molecular complexity index is 429. The topological polar surface area (TPSA) is 47.7 Å². The van der Waals surface area contributed by atoms with Crippen molar-refractivity contribution in [2.24, 2.45) is 0 Å². The Kier molecular flexibility index (Phi) is 5.62. The summed E-state index contributed by atoms with van der Waals surface area (Å²) >= 11 is 0. The van der Waals surface area contributed by atoms with Crippen LogP contribution in [0.2, 0.25) is 0 Å². The van der Waals surface area contributed by atoms with E-state index in [1.165, 1.54) is 18.4 Å². The molecule has 0 aromatic heterocycles. The standard InChI is InChI=1S/C17H28N2O2/c1-14(12-21-3)19(10-11-20-2)13-17(8-9-17)15-4-6-16(18)7-5-15/h4-7,14H,8-13,18H2,1-3H3. The number of hydrogen-bond donors (Lipinski definition) is 1. The molecule has 0 spiro atoms. The van der Waals surface area contributed by atoms with Crippen molar-refractivity contribution in [1.29, 1.82) is 0 Å². The number of methoxy groups -OCH3 is 2. The van der Waals surface area contributed by atoms with Crippen molar-refractivity contribution in [2.75, 3.05) is 46.3 Å². The number of nitrogen functional groups attached to an aromatic ring is 1. The minimum absolute atomic E-state index is 0.295. The first-order chi connectivity index (χ1) is 10.1. The van der Waals surface area contributed by atoms with Crippen LogP contribution in [0.25, 0.3) is 0 Å². The van der Waals surface area contributed by atoms with E-state index in [1.54, 1.807) is 14.2 Å². The summed E-state index contributed by atoms with van der Waals surface area (Å²) < 4.78 is 10.6. The largest absolute Gasteiger partial charge is 0.399 e. The molecule has 2 N–H and O–H groups in total. The summed E-state index contributed by atoms with van der Waals surface area (Å²) in [6.07, 6.45) is 2.50. The minimum Gasteiger partial charge on any atom is -0.399 e. The highest BCUT2D eigenvalue weighted by atomic mass is 16.5. The third kappa shape index (κ3) is 4.19. The zero-order valence-electron chi connectivity index (χ0n) is 13.5. The number of nitrogens with zero attached hydrogens (tertiary/aromatic N) is 1. The van der Waals surface area contributed by atoms with Crippen molar-refractivity contribution in [2.45, 2.75) is 31.2 Å². The Morgan fingerprint density at radius 2 is 1.86 bits per heavy atom. The van der Waals surface area contributed by atoms with Crippen LogP contribution in [0.1, 0.15) is 25.3 Å². The monoisotopic (exact) mass is 292 g/mol. The second-order valence-corrected chi connectivity index (χ2v) is 6.17. The molecule has 0 aliphatic heterocycles. The number of rotatable bonds is 9. The van der Waals surface area contributed by atoms with Gasteiger partial charge in [0.05, 0.1) is 13.2 Å². The molecule has 0 bridgehead atoms. The zero-order chi connectivity index (χ0) is 15.3. The zero-order valence-corrected chi connectivity index (χ0v) is 13.5. The second kappa shape index (κ2) is 7.25. The molecule has 118 valence electrons. The van der Waals surface area contributed by atoms with Gasteiger partial charge in [-0.3, -0.25) is 4.90 Å². The van der Waals surface area contributed by atoms with Crippen LogP contribution in [0.3, 0.4) is 0 Å². The van der Waals surface area contributed by atoms with Gasteiger partial charge in [0.25, 0.3) is 0 Å². The Labute approximate surface area is 128 Å². The highest BCUT2D eigenvalue weighted by Gasteiger charge is 2.45. The number of nitrogens with two attached hydrogens (primary N) is 1. The van der Waals surface area contributed by atoms with E-state index in [2.05, 4.69) is 24.0 Å². The van der Waals surface area contributed by atoms with E-state index in [0.29, 0.717) is 11.5 Å². The maximum Gasteiger partial charge on any atom is 0.0615 e. The summed E-state index contributed by atoms with van der Waals surface area (Å²) in [5, 5.41) is 0. The van der Waals surface area contributed by atoms with Crippen molar-refractivity contribution >= 4 is 5.69 Å². The first-order valence-corrected chi connectivity index (χ1v) is 7.69. The minimum atomic E-state index is 0.295. The van der Waals surface area contributed by atoms with Crippen LogP contribution in [0, 0.1) is 0 Å². The molecular weight excluding hydrogens is 264 g/mol. The van der Waals surface area contributed by atoms with Gasteiger partial charge in [-0.25, -0.2) is 0 Å². The fraction of sp³-hybridized carbons (Fsp3) is 0.647. The van der Waals surface area contributed by atoms with Crippen molar-refractivity contribution in [3.63, 3.8) is 0 Å². The van der Waals surface area contributed by atoms with Crippen molar-refractivity contribution in [3.8, 4) is 0 Å². The lowest BCUT2D eigenvalue weighted by molar-refractivity contribution is 0.0690. The highest BCUT2D eigenvalue weighted by Crippen LogP contribution is 2.49. The first-order valence-electron chi connectivity index (χ1n) is 7.69. The van der Waals surface area contributed by atoms with Gasteiger partial charge in [-0.1, -0.05) is 12.1 Å². The van der Waals surface area contributed by atoms with E-state index in [1.807, 2.05) is 12.1 Å². The molecule has 1 aromatic carbocycles. The summed E-state index contributed by atoms with van der Waals surface area (Å²) in [6, 6.07) is 8.77. The smallest absolute Gasteiger partial charge is 0.0615 e. The van der Waals surface area contributed by atoms with Gasteiger partial charge in [0.15, 0.2) is 0 Å². The number of benzene rings is 1. The number of anilines is 1. The van der Waals surface area contributed by atoms with E-state index in [-0.39, 0.29) is 0 Å². The van der Waals surface area contributed by atoms with E-state index in [4.69, 9.17) is 15.2 Å². The van der Waals surface area contributed by atoms with Crippen LogP contribution in [-0.4, -0.2) is 51.5 Å². The van der Waals surface area contributed by atoms with Crippen LogP contribution < -0.4 is 5.73 Å². The van der Waals surface area contributed by atoms with Gasteiger partial charge in [-0.05, 0) is 37.5 Å². The molecule has 0 radical (unpaired) electrons. The molecule has 1 aliphatic rings. The quantitative estimate of drug-likeness (QED) is 0.709. The van der Waals surface area contributed by atoms with Crippen LogP contribution >= 0.6 is 0 Å². The van der Waals surface area contributed by atoms with E-state index in [0.717, 1.165) is 32.0 Å². The molecule has 1 saturated carbocycles. The molecule has 1 unspecified atom stereocenters. The van der Waals surface area contributed by atoms with E-state index >= 15 is 0 Å². The Morgan fingerprint density at radius 3 is 2.38 bits per heavy atom. The first kappa shape index (κ1) is 16.3. The molecule has 1 aliphatic carbocycles. The summed E-state index contributed by atoms with van der Waals surface area (Å²) in [7, 11) is 3.52. The maximum absolute atomic E-state index is 5.80. The number of ether oxygens (including phenoxy) is 2. The van der Waals surface area contributed by atoms with Gasteiger partial charge in [0, 0.05) is 44.5 Å². The van der Waals surface area contributed by atoms with Gasteiger partial charge >= 0.3 is 0 Å². The lowest BCUT2D eigenvalue weighted by Crippen LogP contribution is -2.43. The third-order valence-corrected chi connectivity index (χ3v) is 4.50. The molecule has 4 heteroatoms. The predicted molar refractivity (Wildman–Crippen MR) is 86.6 cm³/mol. The van der Waals surface area contributed by atoms with Crippen LogP contribution in [-0.2, 0) is 14.9 Å². The fourth-order valence-electron chi connectivity index (χ4n) is 2.92. The molecule has 1 aromatic rings. The lowest BCUT2D eigenvalue weighted by atomic mass is 9.94. The van der Waals surface area contributed by atoms with Gasteiger partial charge in [-0.2, -0.15) is 0 Å². The molecule has 1 fully saturated rings. The second-order valence-electron chi connectivity index (χ2n) is 6.17. The summed E-state index contributed by atoms with van der Waals surface area (Å²) in [5.74, 6) is 0. The lowest BCUT2D eigenvalue weighted by Gasteiger charge is -2.32. The van der Waals surface area contributed by atoms with E-state index in [9.17, 15) is 0 Å². The van der Waals surface area contributed by atoms with Gasteiger partial charge in [0.1, 0.15) is 0 Å². The molecule has 2 rings (SSSR count). The van der Waals surface area contributed by atoms with Crippen LogP contribution in [0.15, 0.2) is 24.3 Å². The van der Waals surface area contributed by atoms with E-state index < -0.39 is 0 Å². The summed E-state index contributed by atoms with van der Waals surface area (Å²) in [5.41, 5.74) is 8.33. The Hall–Kier alpha value is -1.10. The maximum atomic E-state index is 5.80. The SMILES string of the molecule is COCCN(CC1(c2ccc(N)cc2)CC1)C(C)COC. The molecule has 0 saturated heterocycles. The normalized spacial score (nSPS) is 17.9. The molecular formula is C17H28N2O2. The summed E-state index contributed by atoms with van der Waals surface area (Å²) in [4.78, 5) is 2.48. The van der Waals surface area contributed by atoms with Gasteiger partial charge in [-0.15, -0.1) is 0 Å². The molecule has 0 amide bonds. The molecule has 21 heavy (non-hydrogen) atoms. The van der Waals surface area contributed by atoms with Crippen molar-refractivity contribution in [3.05, 3.63) is 29.8 Å². The average molecular weight is 292 g/mol. The Balaban J connectivity index is 2.05. The average Bonchev–Trinajstić information content (AvgIpc) is 3.25. The van der Waals surface area contributed by atoms with Crippen LogP contribution in [0.5, 0.6) is 0 Å². The molecule has 4 nitrogen and oxygen atoms in total. The predicted octanol–water partition coefficient (Wildman–Crippen LogP) is 2.28. The Morgan fingerprint density at radius 1 is 1.19 bits per heavy atom. The van der Waals surface area contributed by atoms with Crippen molar-refractivity contribution in [1.82, 2.24) is 4.90 Å². The molecule has 1 atom stereocenters. The summed E-state index contributed by atoms with van der Waals surface area (Å²) in [6.45, 7) is 5.73. The third-order valence-electron chi connectivity index (χ3n) is 4.50.